The van der Waals surface area contributed by atoms with Crippen LogP contribution >= 0.6 is 0 Å². The van der Waals surface area contributed by atoms with Crippen LogP contribution in [0.5, 0.6) is 0 Å². The Morgan fingerprint density at radius 2 is 1.90 bits per heavy atom. The first-order valence-corrected chi connectivity index (χ1v) is 5.90. The molecule has 0 aliphatic carbocycles. The molecule has 96 valence electrons. The maximum Gasteiger partial charge on any atom is 0.181 e. The Bertz CT molecular complexity index is 782. The lowest BCUT2D eigenvalue weighted by Crippen LogP contribution is -1.98. The molecular formula is C14H10N6. The van der Waals surface area contributed by atoms with Gasteiger partial charge in [0.25, 0.3) is 0 Å². The number of hydrogen-bond donors (Lipinski definition) is 1. The average molecular weight is 262 g/mol. The summed E-state index contributed by atoms with van der Waals surface area (Å²) in [5, 5.41) is 13.2. The molecule has 0 saturated heterocycles. The van der Waals surface area contributed by atoms with Gasteiger partial charge in [0.05, 0.1) is 11.6 Å². The van der Waals surface area contributed by atoms with Crippen LogP contribution in [0.25, 0.3) is 17.2 Å². The number of nitrogens with zero attached hydrogens (tertiary/aromatic N) is 5. The first-order chi connectivity index (χ1) is 9.76. The van der Waals surface area contributed by atoms with E-state index < -0.39 is 0 Å². The molecule has 6 nitrogen and oxygen atoms in total. The minimum absolute atomic E-state index is 0.527. The van der Waals surface area contributed by atoms with Crippen LogP contribution in [0.15, 0.2) is 48.9 Å². The van der Waals surface area contributed by atoms with Gasteiger partial charge >= 0.3 is 0 Å². The zero-order chi connectivity index (χ0) is 13.9. The monoisotopic (exact) mass is 262 g/mol. The smallest absolute Gasteiger partial charge is 0.181 e. The highest BCUT2D eigenvalue weighted by Gasteiger charge is 2.06. The van der Waals surface area contributed by atoms with E-state index in [1.165, 1.54) is 4.68 Å². The molecule has 3 aromatic rings. The van der Waals surface area contributed by atoms with Crippen molar-refractivity contribution in [3.05, 3.63) is 54.5 Å². The molecule has 0 fully saturated rings. The minimum atomic E-state index is 0.527. The predicted molar refractivity (Wildman–Crippen MR) is 73.7 cm³/mol. The largest absolute Gasteiger partial charge is 0.399 e. The molecule has 0 aliphatic heterocycles. The first kappa shape index (κ1) is 11.9. The van der Waals surface area contributed by atoms with Gasteiger partial charge in [0.15, 0.2) is 11.6 Å². The molecule has 20 heavy (non-hydrogen) atoms. The lowest BCUT2D eigenvalue weighted by Gasteiger charge is -1.99. The van der Waals surface area contributed by atoms with Gasteiger partial charge in [0.1, 0.15) is 6.33 Å². The van der Waals surface area contributed by atoms with Crippen molar-refractivity contribution in [2.75, 3.05) is 5.73 Å². The van der Waals surface area contributed by atoms with Crippen molar-refractivity contribution in [2.45, 2.75) is 0 Å². The number of aromatic nitrogens is 4. The molecule has 0 bridgehead atoms. The first-order valence-electron chi connectivity index (χ1n) is 5.90. The fourth-order valence-electron chi connectivity index (χ4n) is 1.75. The van der Waals surface area contributed by atoms with E-state index >= 15 is 0 Å². The fourth-order valence-corrected chi connectivity index (χ4v) is 1.75. The third-order valence-corrected chi connectivity index (χ3v) is 2.77. The van der Waals surface area contributed by atoms with Gasteiger partial charge in [-0.1, -0.05) is 0 Å². The highest BCUT2D eigenvalue weighted by molar-refractivity contribution is 5.58. The summed E-state index contributed by atoms with van der Waals surface area (Å²) in [7, 11) is 0. The molecule has 0 saturated carbocycles. The zero-order valence-corrected chi connectivity index (χ0v) is 10.4. The third-order valence-electron chi connectivity index (χ3n) is 2.77. The summed E-state index contributed by atoms with van der Waals surface area (Å²) < 4.78 is 1.53. The van der Waals surface area contributed by atoms with Crippen LogP contribution in [0.1, 0.15) is 5.56 Å². The summed E-state index contributed by atoms with van der Waals surface area (Å²) in [6.45, 7) is 0. The number of anilines is 1. The van der Waals surface area contributed by atoms with Crippen LogP contribution < -0.4 is 5.73 Å². The van der Waals surface area contributed by atoms with Crippen LogP contribution in [-0.4, -0.2) is 19.7 Å². The molecule has 6 heteroatoms. The van der Waals surface area contributed by atoms with Crippen molar-refractivity contribution in [1.82, 2.24) is 19.7 Å². The minimum Gasteiger partial charge on any atom is -0.399 e. The number of nitrogen functional groups attached to an aromatic ring is 1. The van der Waals surface area contributed by atoms with Crippen molar-refractivity contribution in [3.63, 3.8) is 0 Å². The Balaban J connectivity index is 1.97. The van der Waals surface area contributed by atoms with Crippen molar-refractivity contribution in [3.8, 4) is 23.3 Å². The Kier molecular flexibility index (Phi) is 2.86. The van der Waals surface area contributed by atoms with E-state index in [1.807, 2.05) is 12.1 Å². The number of benzene rings is 1. The SMILES string of the molecule is N#Cc1ccnc(-n2cnc(-c3ccc(N)cc3)n2)c1. The summed E-state index contributed by atoms with van der Waals surface area (Å²) in [5.41, 5.74) is 7.73. The number of nitriles is 1. The summed E-state index contributed by atoms with van der Waals surface area (Å²) in [5.74, 6) is 1.13. The molecule has 0 radical (unpaired) electrons. The van der Waals surface area contributed by atoms with Crippen LogP contribution in [0.3, 0.4) is 0 Å². The second-order valence-electron chi connectivity index (χ2n) is 4.15. The van der Waals surface area contributed by atoms with Gasteiger partial charge in [0.2, 0.25) is 0 Å². The molecule has 0 atom stereocenters. The van der Waals surface area contributed by atoms with Gasteiger partial charge in [0, 0.05) is 23.5 Å². The third kappa shape index (κ3) is 2.20. The number of pyridine rings is 1. The van der Waals surface area contributed by atoms with E-state index in [0.29, 0.717) is 22.9 Å². The van der Waals surface area contributed by atoms with E-state index in [1.54, 1.807) is 36.8 Å². The average Bonchev–Trinajstić information content (AvgIpc) is 2.98. The lowest BCUT2D eigenvalue weighted by molar-refractivity contribution is 0.847. The van der Waals surface area contributed by atoms with Crippen LogP contribution in [0.4, 0.5) is 5.69 Å². The highest BCUT2D eigenvalue weighted by atomic mass is 15.4. The number of hydrogen-bond acceptors (Lipinski definition) is 5. The molecule has 3 rings (SSSR count). The Morgan fingerprint density at radius 1 is 1.10 bits per heavy atom. The van der Waals surface area contributed by atoms with Crippen molar-refractivity contribution in [1.29, 1.82) is 5.26 Å². The van der Waals surface area contributed by atoms with E-state index in [2.05, 4.69) is 21.1 Å². The van der Waals surface area contributed by atoms with Gasteiger partial charge < -0.3 is 5.73 Å². The molecule has 0 unspecified atom stereocenters. The highest BCUT2D eigenvalue weighted by Crippen LogP contribution is 2.17. The van der Waals surface area contributed by atoms with Gasteiger partial charge in [-0.25, -0.2) is 14.6 Å². The van der Waals surface area contributed by atoms with E-state index in [9.17, 15) is 0 Å². The van der Waals surface area contributed by atoms with Crippen LogP contribution in [0, 0.1) is 11.3 Å². The molecule has 0 spiro atoms. The second kappa shape index (κ2) is 4.82. The Labute approximate surface area is 115 Å². The summed E-state index contributed by atoms with van der Waals surface area (Å²) in [6.07, 6.45) is 3.13. The van der Waals surface area contributed by atoms with Crippen molar-refractivity contribution in [2.24, 2.45) is 0 Å². The Morgan fingerprint density at radius 3 is 2.65 bits per heavy atom. The zero-order valence-electron chi connectivity index (χ0n) is 10.4. The van der Waals surface area contributed by atoms with Gasteiger partial charge in [-0.2, -0.15) is 5.26 Å². The molecule has 1 aromatic carbocycles. The molecule has 0 amide bonds. The summed E-state index contributed by atoms with van der Waals surface area (Å²) >= 11 is 0. The van der Waals surface area contributed by atoms with Gasteiger partial charge in [-0.3, -0.25) is 0 Å². The number of rotatable bonds is 2. The maximum absolute atomic E-state index is 8.88. The molecule has 0 aliphatic rings. The molecular weight excluding hydrogens is 252 g/mol. The van der Waals surface area contributed by atoms with Crippen molar-refractivity contribution < 1.29 is 0 Å². The van der Waals surface area contributed by atoms with E-state index in [-0.39, 0.29) is 0 Å². The Hall–Kier alpha value is -3.20. The van der Waals surface area contributed by atoms with Gasteiger partial charge in [-0.05, 0) is 30.3 Å². The summed E-state index contributed by atoms with van der Waals surface area (Å²) in [6, 6.07) is 12.7. The quantitative estimate of drug-likeness (QED) is 0.710. The standard InChI is InChI=1S/C14H10N6/c15-8-10-5-6-17-13(7-10)20-9-18-14(19-20)11-1-3-12(16)4-2-11/h1-7,9H,16H2. The molecule has 2 aromatic heterocycles. The van der Waals surface area contributed by atoms with Crippen LogP contribution in [-0.2, 0) is 0 Å². The summed E-state index contributed by atoms with van der Waals surface area (Å²) in [4.78, 5) is 8.40. The molecule has 2 N–H and O–H groups in total. The second-order valence-corrected chi connectivity index (χ2v) is 4.15. The molecule has 2 heterocycles. The predicted octanol–water partition coefficient (Wildman–Crippen LogP) is 1.78. The topological polar surface area (TPSA) is 93.4 Å². The normalized spacial score (nSPS) is 10.2. The maximum atomic E-state index is 8.88. The van der Waals surface area contributed by atoms with Gasteiger partial charge in [-0.15, -0.1) is 5.10 Å². The lowest BCUT2D eigenvalue weighted by atomic mass is 10.2. The number of nitrogens with two attached hydrogens (primary N) is 1. The van der Waals surface area contributed by atoms with E-state index in [4.69, 9.17) is 11.0 Å². The van der Waals surface area contributed by atoms with E-state index in [0.717, 1.165) is 5.56 Å². The van der Waals surface area contributed by atoms with Crippen LogP contribution in [0.2, 0.25) is 0 Å². The fraction of sp³-hybridized carbons (Fsp3) is 0. The van der Waals surface area contributed by atoms with Crippen molar-refractivity contribution >= 4 is 5.69 Å².